The van der Waals surface area contributed by atoms with Gasteiger partial charge in [0.1, 0.15) is 0 Å². The quantitative estimate of drug-likeness (QED) is 0.549. The normalized spacial score (nSPS) is 14.6. The van der Waals surface area contributed by atoms with Crippen LogP contribution in [-0.2, 0) is 0 Å². The summed E-state index contributed by atoms with van der Waals surface area (Å²) in [5.41, 5.74) is 2.79. The second-order valence-electron chi connectivity index (χ2n) is 7.97. The first kappa shape index (κ1) is 21.3. The van der Waals surface area contributed by atoms with E-state index >= 15 is 0 Å². The van der Waals surface area contributed by atoms with E-state index in [-0.39, 0.29) is 6.04 Å². The summed E-state index contributed by atoms with van der Waals surface area (Å²) in [6.45, 7) is 0. The summed E-state index contributed by atoms with van der Waals surface area (Å²) in [4.78, 5) is 21.2. The Morgan fingerprint density at radius 3 is 2.94 bits per heavy atom. The summed E-state index contributed by atoms with van der Waals surface area (Å²) < 4.78 is 1.91. The van der Waals surface area contributed by atoms with Crippen molar-refractivity contribution >= 4 is 23.4 Å². The van der Waals surface area contributed by atoms with E-state index < -0.39 is 6.09 Å². The minimum atomic E-state index is -1.04. The third-order valence-corrected chi connectivity index (χ3v) is 5.91. The molecule has 3 aromatic rings. The summed E-state index contributed by atoms with van der Waals surface area (Å²) in [5.74, 6) is 0.885. The van der Waals surface area contributed by atoms with Gasteiger partial charge in [0, 0.05) is 36.4 Å². The number of amides is 1. The molecular weight excluding hydrogens is 406 g/mol. The van der Waals surface area contributed by atoms with Crippen LogP contribution in [0.15, 0.2) is 48.9 Å². The molecule has 1 saturated carbocycles. The van der Waals surface area contributed by atoms with E-state index in [1.165, 1.54) is 19.9 Å². The molecule has 1 aromatic carbocycles. The smallest absolute Gasteiger partial charge is 0.411 e. The van der Waals surface area contributed by atoms with Crippen molar-refractivity contribution in [1.82, 2.24) is 19.7 Å². The molecule has 0 spiro atoms. The lowest BCUT2D eigenvalue weighted by Gasteiger charge is -2.21. The maximum absolute atomic E-state index is 11.2. The average Bonchev–Trinajstić information content (AvgIpc) is 3.50. The fraction of sp³-hybridized carbons (Fsp3) is 0.348. The van der Waals surface area contributed by atoms with Gasteiger partial charge in [-0.25, -0.2) is 14.8 Å². The number of nitrogens with zero attached hydrogens (tertiary/aromatic N) is 6. The highest BCUT2D eigenvalue weighted by Crippen LogP contribution is 2.36. The Morgan fingerprint density at radius 1 is 1.38 bits per heavy atom. The Balaban J connectivity index is 1.53. The van der Waals surface area contributed by atoms with Gasteiger partial charge in [-0.3, -0.25) is 9.58 Å². The zero-order valence-electron chi connectivity index (χ0n) is 17.8. The number of hydrogen-bond acceptors (Lipinski definition) is 6. The van der Waals surface area contributed by atoms with E-state index in [4.69, 9.17) is 0 Å². The van der Waals surface area contributed by atoms with Crippen LogP contribution in [-0.4, -0.2) is 38.0 Å². The van der Waals surface area contributed by atoms with Crippen molar-refractivity contribution in [2.75, 3.05) is 17.3 Å². The number of carbonyl (C=O) groups is 1. The zero-order chi connectivity index (χ0) is 22.5. The Morgan fingerprint density at radius 2 is 2.19 bits per heavy atom. The maximum Gasteiger partial charge on any atom is 0.411 e. The first-order valence-corrected chi connectivity index (χ1v) is 10.6. The number of rotatable bonds is 7. The summed E-state index contributed by atoms with van der Waals surface area (Å²) in [6, 6.07) is 11.2. The van der Waals surface area contributed by atoms with Crippen molar-refractivity contribution in [3.8, 4) is 17.3 Å². The average molecular weight is 432 g/mol. The minimum Gasteiger partial charge on any atom is -0.465 e. The van der Waals surface area contributed by atoms with E-state index in [2.05, 4.69) is 26.5 Å². The van der Waals surface area contributed by atoms with Gasteiger partial charge >= 0.3 is 6.09 Å². The third kappa shape index (κ3) is 4.70. The molecule has 9 heteroatoms. The van der Waals surface area contributed by atoms with Crippen molar-refractivity contribution in [2.24, 2.45) is 5.92 Å². The lowest BCUT2D eigenvalue weighted by atomic mass is 9.96. The van der Waals surface area contributed by atoms with Gasteiger partial charge in [0.15, 0.2) is 0 Å². The molecule has 9 nitrogen and oxygen atoms in total. The van der Waals surface area contributed by atoms with Gasteiger partial charge in [-0.15, -0.1) is 0 Å². The van der Waals surface area contributed by atoms with E-state index in [0.29, 0.717) is 29.7 Å². The molecule has 2 N–H and O–H groups in total. The molecule has 4 rings (SSSR count). The molecule has 0 saturated heterocycles. The number of aromatic nitrogens is 4. The molecule has 32 heavy (non-hydrogen) atoms. The number of anilines is 3. The number of nitriles is 1. The fourth-order valence-corrected chi connectivity index (χ4v) is 4.18. The van der Waals surface area contributed by atoms with E-state index in [0.717, 1.165) is 29.0 Å². The van der Waals surface area contributed by atoms with Crippen molar-refractivity contribution in [2.45, 2.75) is 38.1 Å². The Labute approximate surface area is 186 Å². The Bertz CT molecular complexity index is 1130. The Kier molecular flexibility index (Phi) is 6.31. The second-order valence-corrected chi connectivity index (χ2v) is 7.97. The molecule has 1 amide bonds. The highest BCUT2D eigenvalue weighted by atomic mass is 16.4. The number of carboxylic acid groups (broad SMARTS) is 1. The molecule has 1 aliphatic rings. The molecule has 1 fully saturated rings. The van der Waals surface area contributed by atoms with Crippen LogP contribution in [0.1, 0.15) is 38.1 Å². The lowest BCUT2D eigenvalue weighted by molar-refractivity contribution is 0.203. The van der Waals surface area contributed by atoms with Crippen LogP contribution in [0.4, 0.5) is 22.1 Å². The second kappa shape index (κ2) is 9.47. The van der Waals surface area contributed by atoms with Gasteiger partial charge in [0.05, 0.1) is 30.4 Å². The van der Waals surface area contributed by atoms with Crippen molar-refractivity contribution in [3.63, 3.8) is 0 Å². The van der Waals surface area contributed by atoms with Crippen LogP contribution in [0, 0.1) is 17.2 Å². The van der Waals surface area contributed by atoms with Gasteiger partial charge in [0.2, 0.25) is 5.95 Å². The predicted octanol–water partition coefficient (Wildman–Crippen LogP) is 4.84. The molecule has 0 radical (unpaired) electrons. The fourth-order valence-electron chi connectivity index (χ4n) is 4.18. The van der Waals surface area contributed by atoms with Gasteiger partial charge in [-0.1, -0.05) is 18.9 Å². The zero-order valence-corrected chi connectivity index (χ0v) is 17.8. The number of hydrogen-bond donors (Lipinski definition) is 2. The van der Waals surface area contributed by atoms with Crippen LogP contribution in [0.3, 0.4) is 0 Å². The van der Waals surface area contributed by atoms with Crippen molar-refractivity contribution < 1.29 is 9.90 Å². The van der Waals surface area contributed by atoms with E-state index in [1.54, 1.807) is 30.6 Å². The van der Waals surface area contributed by atoms with E-state index in [9.17, 15) is 15.2 Å². The highest BCUT2D eigenvalue weighted by Gasteiger charge is 2.27. The first-order chi connectivity index (χ1) is 15.5. The van der Waals surface area contributed by atoms with Gasteiger partial charge in [-0.2, -0.15) is 10.4 Å². The SMILES string of the molecule is CN(C(=O)O)c1cccc(Nc2nccc(-c3cnn(C(CC#N)C4CCCC4)c3)n2)c1. The minimum absolute atomic E-state index is 0.0876. The molecule has 1 aliphatic carbocycles. The molecular formula is C23H25N7O2. The molecule has 2 aromatic heterocycles. The summed E-state index contributed by atoms with van der Waals surface area (Å²) >= 11 is 0. The molecule has 2 heterocycles. The topological polar surface area (TPSA) is 120 Å². The van der Waals surface area contributed by atoms with Crippen LogP contribution in [0.5, 0.6) is 0 Å². The number of nitrogens with one attached hydrogen (secondary N) is 1. The van der Waals surface area contributed by atoms with Gasteiger partial charge < -0.3 is 10.4 Å². The number of benzene rings is 1. The first-order valence-electron chi connectivity index (χ1n) is 10.6. The lowest BCUT2D eigenvalue weighted by Crippen LogP contribution is -2.23. The maximum atomic E-state index is 11.2. The Hall–Kier alpha value is -3.93. The highest BCUT2D eigenvalue weighted by molar-refractivity contribution is 5.86. The molecule has 164 valence electrons. The van der Waals surface area contributed by atoms with Crippen LogP contribution in [0.2, 0.25) is 0 Å². The predicted molar refractivity (Wildman–Crippen MR) is 121 cm³/mol. The van der Waals surface area contributed by atoms with Crippen molar-refractivity contribution in [1.29, 1.82) is 5.26 Å². The van der Waals surface area contributed by atoms with Crippen LogP contribution >= 0.6 is 0 Å². The molecule has 1 atom stereocenters. The third-order valence-electron chi connectivity index (χ3n) is 5.91. The molecule has 1 unspecified atom stereocenters. The standard InChI is InChI=1S/C23H25N7O2/c1-29(23(31)32)19-8-4-7-18(13-19)27-22-25-12-10-20(28-22)17-14-26-30(15-17)21(9-11-24)16-5-2-3-6-16/h4,7-8,10,12-16,21H,2-3,5-6,9H2,1H3,(H,31,32)(H,25,27,28). The van der Waals surface area contributed by atoms with Gasteiger partial charge in [-0.05, 0) is 43.0 Å². The molecule has 0 aliphatic heterocycles. The monoisotopic (exact) mass is 431 g/mol. The molecule has 0 bridgehead atoms. The van der Waals surface area contributed by atoms with Crippen molar-refractivity contribution in [3.05, 3.63) is 48.9 Å². The van der Waals surface area contributed by atoms with Gasteiger partial charge in [0.25, 0.3) is 0 Å². The summed E-state index contributed by atoms with van der Waals surface area (Å²) in [5, 5.41) is 26.1. The summed E-state index contributed by atoms with van der Waals surface area (Å²) in [7, 11) is 1.49. The summed E-state index contributed by atoms with van der Waals surface area (Å²) in [6.07, 6.45) is 9.50. The van der Waals surface area contributed by atoms with Crippen LogP contribution in [0.25, 0.3) is 11.3 Å². The van der Waals surface area contributed by atoms with Crippen LogP contribution < -0.4 is 10.2 Å². The van der Waals surface area contributed by atoms with E-state index in [1.807, 2.05) is 23.0 Å². The largest absolute Gasteiger partial charge is 0.465 e.